The highest BCUT2D eigenvalue weighted by molar-refractivity contribution is 7.98. The number of amides is 1. The molecule has 9 heteroatoms. The maximum Gasteiger partial charge on any atom is 0.264 e. The third-order valence-electron chi connectivity index (χ3n) is 6.57. The van der Waals surface area contributed by atoms with Gasteiger partial charge in [0.05, 0.1) is 23.4 Å². The highest BCUT2D eigenvalue weighted by Crippen LogP contribution is 2.28. The molecule has 0 aliphatic heterocycles. The molecule has 41 heavy (non-hydrogen) atoms. The molecule has 0 spiro atoms. The van der Waals surface area contributed by atoms with Crippen molar-refractivity contribution in [3.8, 4) is 5.75 Å². The van der Waals surface area contributed by atoms with Gasteiger partial charge < -0.3 is 4.74 Å². The number of carbonyl (C=O) groups excluding carboxylic acids is 1. The van der Waals surface area contributed by atoms with Crippen molar-refractivity contribution in [2.75, 3.05) is 23.7 Å². The first-order valence-corrected chi connectivity index (χ1v) is 15.7. The molecule has 0 heterocycles. The molecule has 1 amide bonds. The minimum Gasteiger partial charge on any atom is -0.494 e. The SMILES string of the molecule is CCOc1ccc(N(CC(=O)NN=Cc2c3ccccc3cc3ccccc23)S(=O)(=O)c2ccc(SC)cc2)cc1. The molecule has 208 valence electrons. The molecular formula is C32H29N3O4S2. The summed E-state index contributed by atoms with van der Waals surface area (Å²) in [4.78, 5) is 14.2. The number of hydrazone groups is 1. The summed E-state index contributed by atoms with van der Waals surface area (Å²) in [7, 11) is -4.06. The van der Waals surface area contributed by atoms with E-state index >= 15 is 0 Å². The van der Waals surface area contributed by atoms with E-state index in [0.29, 0.717) is 18.0 Å². The average Bonchev–Trinajstić information content (AvgIpc) is 3.00. The molecule has 0 fully saturated rings. The van der Waals surface area contributed by atoms with Crippen molar-refractivity contribution in [1.82, 2.24) is 5.43 Å². The van der Waals surface area contributed by atoms with E-state index in [0.717, 1.165) is 36.3 Å². The molecule has 7 nitrogen and oxygen atoms in total. The molecule has 0 radical (unpaired) electrons. The lowest BCUT2D eigenvalue weighted by Gasteiger charge is -2.24. The molecule has 5 aromatic rings. The van der Waals surface area contributed by atoms with Crippen LogP contribution in [0.3, 0.4) is 0 Å². The molecule has 0 atom stereocenters. The Kier molecular flexibility index (Phi) is 8.56. The number of fused-ring (bicyclic) bond motifs is 2. The van der Waals surface area contributed by atoms with Gasteiger partial charge in [-0.15, -0.1) is 11.8 Å². The van der Waals surface area contributed by atoms with E-state index in [4.69, 9.17) is 4.74 Å². The van der Waals surface area contributed by atoms with Crippen LogP contribution in [0.25, 0.3) is 21.5 Å². The maximum absolute atomic E-state index is 13.7. The van der Waals surface area contributed by atoms with Gasteiger partial charge in [-0.3, -0.25) is 9.10 Å². The van der Waals surface area contributed by atoms with Gasteiger partial charge in [-0.25, -0.2) is 13.8 Å². The maximum atomic E-state index is 13.7. The second kappa shape index (κ2) is 12.4. The number of sulfonamides is 1. The van der Waals surface area contributed by atoms with Gasteiger partial charge in [-0.1, -0.05) is 48.5 Å². The van der Waals surface area contributed by atoms with Crippen LogP contribution in [0.1, 0.15) is 12.5 Å². The smallest absolute Gasteiger partial charge is 0.264 e. The van der Waals surface area contributed by atoms with Crippen LogP contribution in [0.15, 0.2) is 118 Å². The summed E-state index contributed by atoms with van der Waals surface area (Å²) >= 11 is 1.52. The van der Waals surface area contributed by atoms with Gasteiger partial charge in [0.1, 0.15) is 12.3 Å². The number of thioether (sulfide) groups is 1. The number of nitrogens with one attached hydrogen (secondary N) is 1. The fraction of sp³-hybridized carbons (Fsp3) is 0.125. The van der Waals surface area contributed by atoms with E-state index in [-0.39, 0.29) is 4.90 Å². The van der Waals surface area contributed by atoms with E-state index in [1.165, 1.54) is 11.8 Å². The van der Waals surface area contributed by atoms with E-state index in [1.54, 1.807) is 54.7 Å². The number of anilines is 1. The Labute approximate surface area is 243 Å². The van der Waals surface area contributed by atoms with Crippen LogP contribution in [0.5, 0.6) is 5.75 Å². The predicted molar refractivity (Wildman–Crippen MR) is 168 cm³/mol. The van der Waals surface area contributed by atoms with Crippen LogP contribution in [-0.2, 0) is 14.8 Å². The first-order chi connectivity index (χ1) is 19.9. The summed E-state index contributed by atoms with van der Waals surface area (Å²) in [6.45, 7) is 1.89. The van der Waals surface area contributed by atoms with Gasteiger partial charge in [0.15, 0.2) is 0 Å². The number of carbonyl (C=O) groups is 1. The van der Waals surface area contributed by atoms with Gasteiger partial charge in [0.25, 0.3) is 15.9 Å². The molecule has 0 saturated heterocycles. The number of hydrogen-bond donors (Lipinski definition) is 1. The number of hydrogen-bond acceptors (Lipinski definition) is 6. The molecule has 5 rings (SSSR count). The van der Waals surface area contributed by atoms with Gasteiger partial charge in [-0.05, 0) is 89.3 Å². The van der Waals surface area contributed by atoms with Gasteiger partial charge in [-0.2, -0.15) is 5.10 Å². The summed E-state index contributed by atoms with van der Waals surface area (Å²) in [6, 6.07) is 31.2. The standard InChI is InChI=1S/C32H29N3O4S2/c1-3-39-26-14-12-25(13-15-26)35(41(37,38)28-18-16-27(40-2)17-19-28)22-32(36)34-33-21-31-29-10-6-4-8-23(29)20-24-9-5-7-11-30(24)31/h4-21H,3,22H2,1-2H3,(H,34,36). The number of nitrogens with zero attached hydrogens (tertiary/aromatic N) is 2. The molecule has 0 saturated carbocycles. The highest BCUT2D eigenvalue weighted by Gasteiger charge is 2.27. The molecule has 1 N–H and O–H groups in total. The van der Waals surface area contributed by atoms with Crippen molar-refractivity contribution in [2.24, 2.45) is 5.10 Å². The van der Waals surface area contributed by atoms with E-state index in [1.807, 2.05) is 61.7 Å². The van der Waals surface area contributed by atoms with E-state index in [9.17, 15) is 13.2 Å². The largest absolute Gasteiger partial charge is 0.494 e. The Morgan fingerprint density at radius 3 is 2.10 bits per heavy atom. The summed E-state index contributed by atoms with van der Waals surface area (Å²) in [6.07, 6.45) is 3.53. The molecule has 5 aromatic carbocycles. The summed E-state index contributed by atoms with van der Waals surface area (Å²) in [5, 5.41) is 8.34. The third kappa shape index (κ3) is 6.21. The molecular weight excluding hydrogens is 555 g/mol. The number of benzene rings is 5. The number of ether oxygens (including phenoxy) is 1. The van der Waals surface area contributed by atoms with Crippen molar-refractivity contribution >= 4 is 61.1 Å². The lowest BCUT2D eigenvalue weighted by atomic mass is 9.97. The van der Waals surface area contributed by atoms with Gasteiger partial charge in [0.2, 0.25) is 0 Å². The Balaban J connectivity index is 1.43. The summed E-state index contributed by atoms with van der Waals surface area (Å²) in [5.74, 6) is 0.0262. The highest BCUT2D eigenvalue weighted by atomic mass is 32.2. The van der Waals surface area contributed by atoms with Crippen molar-refractivity contribution in [3.63, 3.8) is 0 Å². The normalized spacial score (nSPS) is 11.7. The Hall–Kier alpha value is -4.34. The minimum absolute atomic E-state index is 0.0858. The van der Waals surface area contributed by atoms with E-state index < -0.39 is 22.5 Å². The van der Waals surface area contributed by atoms with Crippen molar-refractivity contribution in [1.29, 1.82) is 0 Å². The van der Waals surface area contributed by atoms with Crippen molar-refractivity contribution < 1.29 is 17.9 Å². The Morgan fingerprint density at radius 1 is 0.902 bits per heavy atom. The van der Waals surface area contributed by atoms with Crippen LogP contribution in [0.2, 0.25) is 0 Å². The molecule has 0 aliphatic rings. The second-order valence-electron chi connectivity index (χ2n) is 9.14. The fourth-order valence-corrected chi connectivity index (χ4v) is 6.42. The molecule has 0 unspecified atom stereocenters. The molecule has 0 aliphatic carbocycles. The number of rotatable bonds is 10. The Bertz CT molecular complexity index is 1770. The predicted octanol–water partition coefficient (Wildman–Crippen LogP) is 6.46. The van der Waals surface area contributed by atoms with Crippen LogP contribution in [-0.4, -0.2) is 39.9 Å². The summed E-state index contributed by atoms with van der Waals surface area (Å²) < 4.78 is 34.1. The van der Waals surface area contributed by atoms with Crippen LogP contribution < -0.4 is 14.5 Å². The first-order valence-electron chi connectivity index (χ1n) is 13.0. The monoisotopic (exact) mass is 583 g/mol. The zero-order valence-corrected chi connectivity index (χ0v) is 24.3. The second-order valence-corrected chi connectivity index (χ2v) is 11.9. The topological polar surface area (TPSA) is 88.1 Å². The van der Waals surface area contributed by atoms with E-state index in [2.05, 4.69) is 16.6 Å². The lowest BCUT2D eigenvalue weighted by molar-refractivity contribution is -0.119. The molecule has 0 aromatic heterocycles. The fourth-order valence-electron chi connectivity index (χ4n) is 4.59. The average molecular weight is 584 g/mol. The third-order valence-corrected chi connectivity index (χ3v) is 9.10. The summed E-state index contributed by atoms with van der Waals surface area (Å²) in [5.41, 5.74) is 3.73. The van der Waals surface area contributed by atoms with Crippen LogP contribution in [0, 0.1) is 0 Å². The van der Waals surface area contributed by atoms with Gasteiger partial charge in [0, 0.05) is 10.5 Å². The zero-order valence-electron chi connectivity index (χ0n) is 22.7. The van der Waals surface area contributed by atoms with Gasteiger partial charge >= 0.3 is 0 Å². The lowest BCUT2D eigenvalue weighted by Crippen LogP contribution is -2.39. The van der Waals surface area contributed by atoms with Crippen LogP contribution >= 0.6 is 11.8 Å². The van der Waals surface area contributed by atoms with Crippen molar-refractivity contribution in [3.05, 3.63) is 109 Å². The molecule has 0 bridgehead atoms. The minimum atomic E-state index is -4.06. The van der Waals surface area contributed by atoms with Crippen molar-refractivity contribution in [2.45, 2.75) is 16.7 Å². The van der Waals surface area contributed by atoms with Crippen LogP contribution in [0.4, 0.5) is 5.69 Å². The quantitative estimate of drug-likeness (QED) is 0.0883. The first kappa shape index (κ1) is 28.2. The Morgan fingerprint density at radius 2 is 1.51 bits per heavy atom. The zero-order chi connectivity index (χ0) is 28.8.